The van der Waals surface area contributed by atoms with Gasteiger partial charge in [-0.3, -0.25) is 4.79 Å². The topological polar surface area (TPSA) is 90.1 Å². The minimum atomic E-state index is -0.362. The number of benzene rings is 1. The van der Waals surface area contributed by atoms with Crippen LogP contribution in [0.5, 0.6) is 5.75 Å². The van der Waals surface area contributed by atoms with E-state index in [0.29, 0.717) is 36.2 Å². The van der Waals surface area contributed by atoms with Crippen molar-refractivity contribution in [2.24, 2.45) is 5.92 Å². The maximum absolute atomic E-state index is 12.7. The van der Waals surface area contributed by atoms with E-state index in [-0.39, 0.29) is 11.8 Å². The summed E-state index contributed by atoms with van der Waals surface area (Å²) in [5.74, 6) is 0.687. The van der Waals surface area contributed by atoms with Gasteiger partial charge in [0.05, 0.1) is 18.2 Å². The summed E-state index contributed by atoms with van der Waals surface area (Å²) in [7, 11) is 1.81. The quantitative estimate of drug-likeness (QED) is 0.741. The van der Waals surface area contributed by atoms with Crippen molar-refractivity contribution in [3.8, 4) is 17.0 Å². The van der Waals surface area contributed by atoms with Crippen LogP contribution in [-0.4, -0.2) is 48.4 Å². The molecule has 0 saturated heterocycles. The van der Waals surface area contributed by atoms with Gasteiger partial charge in [-0.1, -0.05) is 19.9 Å². The Morgan fingerprint density at radius 1 is 1.37 bits per heavy atom. The molecule has 1 aromatic carbocycles. The lowest BCUT2D eigenvalue weighted by molar-refractivity contribution is 0.0779. The first-order chi connectivity index (χ1) is 12.9. The Morgan fingerprint density at radius 2 is 2.11 bits per heavy atom. The normalized spacial score (nSPS) is 13.8. The maximum atomic E-state index is 12.7. The van der Waals surface area contributed by atoms with Crippen LogP contribution in [0, 0.1) is 16.7 Å². The molecule has 1 aliphatic rings. The lowest BCUT2D eigenvalue weighted by Gasteiger charge is -2.17. The first-order valence-electron chi connectivity index (χ1n) is 8.98. The van der Waals surface area contributed by atoms with Crippen molar-refractivity contribution in [1.29, 1.82) is 10.8 Å². The van der Waals surface area contributed by atoms with E-state index in [2.05, 4.69) is 18.8 Å². The number of fused-ring (bicyclic) bond motifs is 3. The van der Waals surface area contributed by atoms with Gasteiger partial charge in [-0.25, -0.2) is 4.98 Å². The van der Waals surface area contributed by atoms with Gasteiger partial charge in [0.25, 0.3) is 5.91 Å². The Balaban J connectivity index is 1.97. The highest BCUT2D eigenvalue weighted by Gasteiger charge is 2.25. The Labute approximate surface area is 163 Å². The second kappa shape index (κ2) is 8.00. The number of aromatic nitrogens is 1. The highest BCUT2D eigenvalue weighted by molar-refractivity contribution is 7.14. The Hall–Kier alpha value is -2.54. The van der Waals surface area contributed by atoms with E-state index in [1.807, 2.05) is 25.2 Å². The number of rotatable bonds is 6. The van der Waals surface area contributed by atoms with Crippen molar-refractivity contribution in [3.63, 3.8) is 0 Å². The van der Waals surface area contributed by atoms with Gasteiger partial charge in [0.1, 0.15) is 5.75 Å². The molecule has 1 aromatic heterocycles. The molecule has 0 saturated carbocycles. The van der Waals surface area contributed by atoms with Crippen molar-refractivity contribution in [2.75, 3.05) is 20.2 Å². The van der Waals surface area contributed by atoms with E-state index >= 15 is 0 Å². The standard InChI is InChI=1S/C20H24N4O2S/c1-12(2)11-24(3)20(25)19-23-18-15-5-4-13(14(9-21)10-22)8-16(15)26-7-6-17(18)27-19/h4-5,8-10,12,14,21-22H,6-7,11H2,1-3H3. The van der Waals surface area contributed by atoms with Gasteiger partial charge in [-0.05, 0) is 23.6 Å². The van der Waals surface area contributed by atoms with Gasteiger partial charge in [-0.15, -0.1) is 11.3 Å². The highest BCUT2D eigenvalue weighted by atomic mass is 32.1. The second-order valence-electron chi connectivity index (χ2n) is 7.08. The van der Waals surface area contributed by atoms with Gasteiger partial charge in [0.2, 0.25) is 0 Å². The Kier molecular flexibility index (Phi) is 5.70. The van der Waals surface area contributed by atoms with Crippen molar-refractivity contribution < 1.29 is 9.53 Å². The van der Waals surface area contributed by atoms with Gasteiger partial charge < -0.3 is 20.5 Å². The minimum Gasteiger partial charge on any atom is -0.492 e. The average Bonchev–Trinajstić information content (AvgIpc) is 2.98. The van der Waals surface area contributed by atoms with Crippen LogP contribution >= 0.6 is 11.3 Å². The lowest BCUT2D eigenvalue weighted by Crippen LogP contribution is -2.30. The average molecular weight is 385 g/mol. The Bertz CT molecular complexity index is 867. The second-order valence-corrected chi connectivity index (χ2v) is 8.17. The molecule has 2 aromatic rings. The first kappa shape index (κ1) is 19.2. The molecule has 3 rings (SSSR count). The predicted octanol–water partition coefficient (Wildman–Crippen LogP) is 3.86. The smallest absolute Gasteiger partial charge is 0.282 e. The lowest BCUT2D eigenvalue weighted by atomic mass is 9.98. The van der Waals surface area contributed by atoms with E-state index in [1.54, 1.807) is 4.90 Å². The van der Waals surface area contributed by atoms with Gasteiger partial charge in [-0.2, -0.15) is 0 Å². The molecule has 0 fully saturated rings. The number of carbonyl (C=O) groups excluding carboxylic acids is 1. The fourth-order valence-electron chi connectivity index (χ4n) is 3.17. The van der Waals surface area contributed by atoms with Crippen molar-refractivity contribution >= 4 is 29.7 Å². The van der Waals surface area contributed by atoms with Crippen LogP contribution < -0.4 is 4.74 Å². The first-order valence-corrected chi connectivity index (χ1v) is 9.79. The predicted molar refractivity (Wildman–Crippen MR) is 109 cm³/mol. The molecule has 2 heterocycles. The number of ether oxygens (including phenoxy) is 1. The summed E-state index contributed by atoms with van der Waals surface area (Å²) >= 11 is 1.44. The van der Waals surface area contributed by atoms with E-state index in [0.717, 1.165) is 21.7 Å². The molecule has 0 radical (unpaired) electrons. The summed E-state index contributed by atoms with van der Waals surface area (Å²) in [4.78, 5) is 20.1. The zero-order chi connectivity index (χ0) is 19.6. The number of amides is 1. The molecule has 142 valence electrons. The van der Waals surface area contributed by atoms with Crippen LogP contribution in [0.1, 0.15) is 40.0 Å². The number of thiazole rings is 1. The zero-order valence-corrected chi connectivity index (χ0v) is 16.6. The molecular formula is C20H24N4O2S. The third-order valence-corrected chi connectivity index (χ3v) is 5.56. The molecule has 27 heavy (non-hydrogen) atoms. The van der Waals surface area contributed by atoms with Crippen LogP contribution in [0.4, 0.5) is 0 Å². The van der Waals surface area contributed by atoms with E-state index in [4.69, 9.17) is 15.6 Å². The van der Waals surface area contributed by atoms with E-state index < -0.39 is 0 Å². The van der Waals surface area contributed by atoms with Gasteiger partial charge in [0, 0.05) is 42.9 Å². The summed E-state index contributed by atoms with van der Waals surface area (Å²) in [5.41, 5.74) is 2.51. The largest absolute Gasteiger partial charge is 0.492 e. The Morgan fingerprint density at radius 3 is 2.78 bits per heavy atom. The summed E-state index contributed by atoms with van der Waals surface area (Å²) < 4.78 is 5.89. The molecule has 0 unspecified atom stereocenters. The number of carbonyl (C=O) groups is 1. The monoisotopic (exact) mass is 384 g/mol. The fourth-order valence-corrected chi connectivity index (χ4v) is 4.22. The van der Waals surface area contributed by atoms with Crippen LogP contribution in [0.3, 0.4) is 0 Å². The maximum Gasteiger partial charge on any atom is 0.282 e. The third-order valence-electron chi connectivity index (χ3n) is 4.46. The summed E-state index contributed by atoms with van der Waals surface area (Å²) in [6.07, 6.45) is 3.18. The molecule has 0 aliphatic carbocycles. The molecule has 0 atom stereocenters. The van der Waals surface area contributed by atoms with Crippen molar-refractivity contribution in [2.45, 2.75) is 26.2 Å². The number of hydrogen-bond donors (Lipinski definition) is 2. The van der Waals surface area contributed by atoms with Crippen molar-refractivity contribution in [3.05, 3.63) is 33.6 Å². The summed E-state index contributed by atoms with van der Waals surface area (Å²) in [5, 5.41) is 15.4. The number of nitrogens with zero attached hydrogens (tertiary/aromatic N) is 2. The van der Waals surface area contributed by atoms with Crippen LogP contribution in [0.2, 0.25) is 0 Å². The third kappa shape index (κ3) is 3.93. The van der Waals surface area contributed by atoms with E-state index in [9.17, 15) is 4.79 Å². The molecule has 1 aliphatic heterocycles. The fraction of sp³-hybridized carbons (Fsp3) is 0.400. The van der Waals surface area contributed by atoms with Crippen LogP contribution in [-0.2, 0) is 6.42 Å². The summed E-state index contributed by atoms with van der Waals surface area (Å²) in [6, 6.07) is 5.68. The molecular weight excluding hydrogens is 360 g/mol. The molecule has 0 bridgehead atoms. The van der Waals surface area contributed by atoms with Crippen LogP contribution in [0.15, 0.2) is 18.2 Å². The molecule has 6 nitrogen and oxygen atoms in total. The highest BCUT2D eigenvalue weighted by Crippen LogP contribution is 2.39. The molecule has 7 heteroatoms. The van der Waals surface area contributed by atoms with Crippen molar-refractivity contribution in [1.82, 2.24) is 9.88 Å². The van der Waals surface area contributed by atoms with Gasteiger partial charge in [0.15, 0.2) is 5.01 Å². The zero-order valence-electron chi connectivity index (χ0n) is 15.8. The number of hydrogen-bond acceptors (Lipinski definition) is 6. The summed E-state index contributed by atoms with van der Waals surface area (Å²) in [6.45, 7) is 5.38. The van der Waals surface area contributed by atoms with Crippen LogP contribution in [0.25, 0.3) is 11.3 Å². The van der Waals surface area contributed by atoms with Gasteiger partial charge >= 0.3 is 0 Å². The molecule has 2 N–H and O–H groups in total. The molecule has 1 amide bonds. The molecule has 0 spiro atoms. The SMILES string of the molecule is CC(C)CN(C)C(=O)c1nc2c(s1)CCOc1cc(C(C=N)C=N)ccc1-2. The van der Waals surface area contributed by atoms with E-state index in [1.165, 1.54) is 23.8 Å². The minimum absolute atomic E-state index is 0.0476. The number of nitrogens with one attached hydrogen (secondary N) is 2.